The maximum atomic E-state index is 13.0. The van der Waals surface area contributed by atoms with Gasteiger partial charge in [0.15, 0.2) is 17.6 Å². The number of rotatable bonds is 6. The number of nitrogens with zero attached hydrogens (tertiary/aromatic N) is 1. The molecule has 1 aliphatic heterocycles. The van der Waals surface area contributed by atoms with Crippen molar-refractivity contribution in [3.8, 4) is 17.2 Å². The normalized spacial score (nSPS) is 15.3. The Hall–Kier alpha value is -3.18. The van der Waals surface area contributed by atoms with Crippen molar-refractivity contribution in [2.24, 2.45) is 0 Å². The summed E-state index contributed by atoms with van der Waals surface area (Å²) in [5, 5.41) is 2.90. The average Bonchev–Trinajstić information content (AvgIpc) is 2.76. The summed E-state index contributed by atoms with van der Waals surface area (Å²) in [6.07, 6.45) is -0.196. The number of esters is 1. The van der Waals surface area contributed by atoms with Crippen LogP contribution in [0.1, 0.15) is 10.4 Å². The number of halogens is 1. The number of anilines is 2. The van der Waals surface area contributed by atoms with E-state index in [0.29, 0.717) is 5.02 Å². The Morgan fingerprint density at radius 3 is 2.38 bits per heavy atom. The van der Waals surface area contributed by atoms with E-state index in [1.165, 1.54) is 51.7 Å². The lowest BCUT2D eigenvalue weighted by atomic mass is 10.1. The summed E-state index contributed by atoms with van der Waals surface area (Å²) in [5.41, 5.74) is 0.322. The fourth-order valence-corrected chi connectivity index (χ4v) is 4.22. The number of carbonyl (C=O) groups excluding carboxylic acids is 2. The number of nitrogens with one attached hydrogen (secondary N) is 1. The lowest BCUT2D eigenvalue weighted by molar-refractivity contribution is -0.122. The number of methoxy groups -OCH3 is 3. The van der Waals surface area contributed by atoms with E-state index in [1.807, 2.05) is 0 Å². The Morgan fingerprint density at radius 2 is 1.78 bits per heavy atom. The first-order chi connectivity index (χ1) is 15.1. The molecule has 0 fully saturated rings. The molecular weight excluding hydrogens is 464 g/mol. The Balaban J connectivity index is 1.97. The highest BCUT2D eigenvalue weighted by atomic mass is 35.5. The molecule has 0 bridgehead atoms. The smallest absolute Gasteiger partial charge is 0.340 e. The summed E-state index contributed by atoms with van der Waals surface area (Å²) in [7, 11) is 0.259. The lowest BCUT2D eigenvalue weighted by Crippen LogP contribution is -2.48. The first-order valence-corrected chi connectivity index (χ1v) is 11.4. The molecule has 12 heteroatoms. The van der Waals surface area contributed by atoms with Crippen molar-refractivity contribution in [3.63, 3.8) is 0 Å². The molecule has 1 heterocycles. The molecule has 172 valence electrons. The molecule has 0 aliphatic carbocycles. The molecule has 32 heavy (non-hydrogen) atoms. The van der Waals surface area contributed by atoms with Gasteiger partial charge in [-0.05, 0) is 18.2 Å². The molecule has 0 saturated heterocycles. The Bertz CT molecular complexity index is 1170. The number of hydrogen-bond acceptors (Lipinski definition) is 8. The molecule has 3 rings (SSSR count). The zero-order chi connectivity index (χ0) is 23.6. The van der Waals surface area contributed by atoms with Gasteiger partial charge in [-0.25, -0.2) is 13.2 Å². The Kier molecular flexibility index (Phi) is 6.70. The summed E-state index contributed by atoms with van der Waals surface area (Å²) in [4.78, 5) is 25.3. The third-order valence-electron chi connectivity index (χ3n) is 4.67. The average molecular weight is 485 g/mol. The summed E-state index contributed by atoms with van der Waals surface area (Å²) >= 11 is 5.99. The van der Waals surface area contributed by atoms with Crippen LogP contribution in [-0.4, -0.2) is 60.5 Å². The van der Waals surface area contributed by atoms with Gasteiger partial charge in [-0.3, -0.25) is 9.10 Å². The van der Waals surface area contributed by atoms with E-state index in [-0.39, 0.29) is 40.7 Å². The molecule has 1 aliphatic rings. The van der Waals surface area contributed by atoms with Gasteiger partial charge in [0.1, 0.15) is 5.75 Å². The van der Waals surface area contributed by atoms with Gasteiger partial charge in [-0.15, -0.1) is 0 Å². The van der Waals surface area contributed by atoms with E-state index in [9.17, 15) is 18.0 Å². The van der Waals surface area contributed by atoms with E-state index in [1.54, 1.807) is 0 Å². The van der Waals surface area contributed by atoms with Crippen molar-refractivity contribution in [1.82, 2.24) is 0 Å². The first-order valence-electron chi connectivity index (χ1n) is 9.18. The van der Waals surface area contributed by atoms with Gasteiger partial charge in [-0.2, -0.15) is 0 Å². The summed E-state index contributed by atoms with van der Waals surface area (Å²) in [6.45, 7) is -0.293. The van der Waals surface area contributed by atoms with E-state index >= 15 is 0 Å². The minimum atomic E-state index is -3.74. The number of benzene rings is 2. The van der Waals surface area contributed by atoms with Gasteiger partial charge >= 0.3 is 5.97 Å². The lowest BCUT2D eigenvalue weighted by Gasteiger charge is -2.34. The van der Waals surface area contributed by atoms with E-state index < -0.39 is 28.0 Å². The fraction of sp³-hybridized carbons (Fsp3) is 0.300. The molecule has 0 aromatic heterocycles. The quantitative estimate of drug-likeness (QED) is 0.620. The minimum Gasteiger partial charge on any atom is -0.493 e. The highest BCUT2D eigenvalue weighted by Crippen LogP contribution is 2.38. The van der Waals surface area contributed by atoms with Gasteiger partial charge in [0.05, 0.1) is 51.1 Å². The predicted octanol–water partition coefficient (Wildman–Crippen LogP) is 2.31. The van der Waals surface area contributed by atoms with Crippen LogP contribution in [0, 0.1) is 0 Å². The molecule has 2 aromatic rings. The van der Waals surface area contributed by atoms with Crippen molar-refractivity contribution < 1.29 is 37.0 Å². The molecule has 1 atom stereocenters. The molecule has 2 aromatic carbocycles. The van der Waals surface area contributed by atoms with Gasteiger partial charge in [-0.1, -0.05) is 11.6 Å². The number of fused-ring (bicyclic) bond motifs is 1. The van der Waals surface area contributed by atoms with Crippen LogP contribution in [0.25, 0.3) is 0 Å². The zero-order valence-corrected chi connectivity index (χ0v) is 19.2. The van der Waals surface area contributed by atoms with Gasteiger partial charge < -0.3 is 24.3 Å². The van der Waals surface area contributed by atoms with Crippen LogP contribution >= 0.6 is 11.6 Å². The number of ether oxygens (including phenoxy) is 4. The maximum Gasteiger partial charge on any atom is 0.340 e. The molecule has 0 unspecified atom stereocenters. The molecule has 0 radical (unpaired) electrons. The summed E-state index contributed by atoms with van der Waals surface area (Å²) in [6, 6.07) is 7.20. The van der Waals surface area contributed by atoms with Crippen LogP contribution in [0.2, 0.25) is 5.02 Å². The number of amides is 1. The van der Waals surface area contributed by atoms with Crippen LogP contribution in [0.4, 0.5) is 11.4 Å². The third-order valence-corrected chi connectivity index (χ3v) is 6.05. The SMILES string of the molecule is COC(=O)c1cc(OC)c(OC)cc1NC(=O)[C@@H]1CN(S(C)(=O)=O)c2cc(Cl)ccc2O1. The largest absolute Gasteiger partial charge is 0.493 e. The first kappa shape index (κ1) is 23.5. The van der Waals surface area contributed by atoms with Crippen LogP contribution < -0.4 is 23.8 Å². The molecule has 10 nitrogen and oxygen atoms in total. The summed E-state index contributed by atoms with van der Waals surface area (Å²) < 4.78 is 46.6. The monoisotopic (exact) mass is 484 g/mol. The number of sulfonamides is 1. The Morgan fingerprint density at radius 1 is 1.12 bits per heavy atom. The van der Waals surface area contributed by atoms with Crippen LogP contribution in [0.3, 0.4) is 0 Å². The molecule has 0 spiro atoms. The molecule has 1 amide bonds. The van der Waals surface area contributed by atoms with Crippen molar-refractivity contribution in [3.05, 3.63) is 40.9 Å². The predicted molar refractivity (Wildman–Crippen MR) is 118 cm³/mol. The van der Waals surface area contributed by atoms with Crippen LogP contribution in [0.5, 0.6) is 17.2 Å². The van der Waals surface area contributed by atoms with Crippen LogP contribution in [-0.2, 0) is 19.6 Å². The second-order valence-corrected chi connectivity index (χ2v) is 9.09. The molecular formula is C20H21ClN2O8S. The van der Waals surface area contributed by atoms with E-state index in [2.05, 4.69) is 5.32 Å². The van der Waals surface area contributed by atoms with Crippen molar-refractivity contribution in [2.45, 2.75) is 6.10 Å². The highest BCUT2D eigenvalue weighted by Gasteiger charge is 2.36. The van der Waals surface area contributed by atoms with Crippen molar-refractivity contribution >= 4 is 44.9 Å². The standard InChI is InChI=1S/C20H21ClN2O8S/c1-28-16-8-12(20(25)30-3)13(9-17(16)29-2)22-19(24)18-10-23(32(4,26)27)14-7-11(21)5-6-15(14)31-18/h5-9,18H,10H2,1-4H3,(H,22,24)/t18-/m0/s1. The second kappa shape index (κ2) is 9.13. The fourth-order valence-electron chi connectivity index (χ4n) is 3.15. The minimum absolute atomic E-state index is 0.0152. The van der Waals surface area contributed by atoms with Crippen LogP contribution in [0.15, 0.2) is 30.3 Å². The topological polar surface area (TPSA) is 120 Å². The molecule has 1 N–H and O–H groups in total. The van der Waals surface area contributed by atoms with E-state index in [4.69, 9.17) is 30.5 Å². The maximum absolute atomic E-state index is 13.0. The Labute approximate surface area is 190 Å². The number of carbonyl (C=O) groups is 2. The van der Waals surface area contributed by atoms with E-state index in [0.717, 1.165) is 10.6 Å². The van der Waals surface area contributed by atoms with Gasteiger partial charge in [0.25, 0.3) is 5.91 Å². The van der Waals surface area contributed by atoms with Crippen molar-refractivity contribution in [2.75, 3.05) is 43.8 Å². The van der Waals surface area contributed by atoms with Gasteiger partial charge in [0, 0.05) is 17.2 Å². The number of hydrogen-bond donors (Lipinski definition) is 1. The zero-order valence-electron chi connectivity index (χ0n) is 17.7. The summed E-state index contributed by atoms with van der Waals surface area (Å²) in [5.74, 6) is -0.710. The molecule has 0 saturated carbocycles. The highest BCUT2D eigenvalue weighted by molar-refractivity contribution is 7.92. The second-order valence-electron chi connectivity index (χ2n) is 6.75. The third kappa shape index (κ3) is 4.68. The van der Waals surface area contributed by atoms with Crippen molar-refractivity contribution in [1.29, 1.82) is 0 Å². The van der Waals surface area contributed by atoms with Gasteiger partial charge in [0.2, 0.25) is 10.0 Å².